The zero-order chi connectivity index (χ0) is 13.8. The van der Waals surface area contributed by atoms with E-state index in [1.54, 1.807) is 0 Å². The van der Waals surface area contributed by atoms with Crippen LogP contribution in [0.2, 0.25) is 0 Å². The highest BCUT2D eigenvalue weighted by Gasteiger charge is 2.33. The van der Waals surface area contributed by atoms with Crippen LogP contribution in [0.4, 0.5) is 0 Å². The minimum Gasteiger partial charge on any atom is -0.391 e. The smallest absolute Gasteiger partial charge is 0.0696 e. The summed E-state index contributed by atoms with van der Waals surface area (Å²) in [7, 11) is 0. The zero-order valence-electron chi connectivity index (χ0n) is 11.7. The number of benzene rings is 2. The number of hydrogen-bond donors (Lipinski definition) is 1. The van der Waals surface area contributed by atoms with Crippen LogP contribution in [0.25, 0.3) is 0 Å². The largest absolute Gasteiger partial charge is 0.391 e. The van der Waals surface area contributed by atoms with Crippen molar-refractivity contribution < 1.29 is 5.11 Å². The van der Waals surface area contributed by atoms with Crippen LogP contribution >= 0.6 is 0 Å². The van der Waals surface area contributed by atoms with Crippen LogP contribution in [0, 0.1) is 0 Å². The second-order valence-electron chi connectivity index (χ2n) is 5.59. The van der Waals surface area contributed by atoms with Gasteiger partial charge >= 0.3 is 0 Å². The fourth-order valence-corrected chi connectivity index (χ4v) is 2.82. The lowest BCUT2D eigenvalue weighted by Gasteiger charge is -2.41. The lowest BCUT2D eigenvalue weighted by Crippen LogP contribution is -2.49. The summed E-state index contributed by atoms with van der Waals surface area (Å²) in [5, 5.41) is 9.99. The van der Waals surface area contributed by atoms with Crippen LogP contribution < -0.4 is 0 Å². The summed E-state index contributed by atoms with van der Waals surface area (Å²) in [5.74, 6) is 0. The van der Waals surface area contributed by atoms with Crippen molar-refractivity contribution in [3.63, 3.8) is 0 Å². The number of nitrogens with zero attached hydrogens (tertiary/aromatic N) is 1. The van der Waals surface area contributed by atoms with Gasteiger partial charge in [-0.1, -0.05) is 60.7 Å². The molecule has 0 aromatic heterocycles. The molecule has 0 heterocycles. The standard InChI is InChI=1S/C18H21NO/c20-18-12-11-17(18)19(13-15-7-3-1-4-8-15)14-16-9-5-2-6-10-16/h1-10,17-18,20H,11-14H2/t17?,18-/m0/s1. The van der Waals surface area contributed by atoms with Crippen LogP contribution in [-0.4, -0.2) is 22.2 Å². The Morgan fingerprint density at radius 1 is 0.800 bits per heavy atom. The van der Waals surface area contributed by atoms with Crippen molar-refractivity contribution in [1.82, 2.24) is 4.90 Å². The van der Waals surface area contributed by atoms with Crippen molar-refractivity contribution in [2.75, 3.05) is 0 Å². The van der Waals surface area contributed by atoms with Gasteiger partial charge in [-0.3, -0.25) is 4.90 Å². The Morgan fingerprint density at radius 3 is 1.65 bits per heavy atom. The van der Waals surface area contributed by atoms with Crippen molar-refractivity contribution in [2.24, 2.45) is 0 Å². The van der Waals surface area contributed by atoms with Crippen molar-refractivity contribution in [2.45, 2.75) is 38.1 Å². The topological polar surface area (TPSA) is 23.5 Å². The van der Waals surface area contributed by atoms with E-state index < -0.39 is 0 Å². The van der Waals surface area contributed by atoms with E-state index in [0.717, 1.165) is 25.9 Å². The third-order valence-corrected chi connectivity index (χ3v) is 4.13. The normalized spacial score (nSPS) is 21.7. The Labute approximate surface area is 120 Å². The molecule has 2 heteroatoms. The molecule has 0 amide bonds. The van der Waals surface area contributed by atoms with Gasteiger partial charge in [-0.05, 0) is 24.0 Å². The van der Waals surface area contributed by atoms with Crippen molar-refractivity contribution in [3.8, 4) is 0 Å². The van der Waals surface area contributed by atoms with Crippen molar-refractivity contribution in [1.29, 1.82) is 0 Å². The third kappa shape index (κ3) is 3.09. The van der Waals surface area contributed by atoms with E-state index in [1.807, 2.05) is 12.1 Å². The molecule has 0 aliphatic heterocycles. The summed E-state index contributed by atoms with van der Waals surface area (Å²) in [6.45, 7) is 1.80. The third-order valence-electron chi connectivity index (χ3n) is 4.13. The maximum absolute atomic E-state index is 9.99. The van der Waals surface area contributed by atoms with Crippen LogP contribution in [0.3, 0.4) is 0 Å². The molecule has 3 rings (SSSR count). The molecule has 1 unspecified atom stereocenters. The van der Waals surface area contributed by atoms with Gasteiger partial charge in [0.05, 0.1) is 6.10 Å². The van der Waals surface area contributed by atoms with E-state index in [9.17, 15) is 5.11 Å². The van der Waals surface area contributed by atoms with Crippen LogP contribution in [0.1, 0.15) is 24.0 Å². The zero-order valence-corrected chi connectivity index (χ0v) is 11.7. The van der Waals surface area contributed by atoms with Gasteiger partial charge in [-0.25, -0.2) is 0 Å². The first-order valence-corrected chi connectivity index (χ1v) is 7.33. The Kier molecular flexibility index (Phi) is 4.14. The van der Waals surface area contributed by atoms with Crippen molar-refractivity contribution >= 4 is 0 Å². The molecule has 0 saturated heterocycles. The second kappa shape index (κ2) is 6.21. The first-order chi connectivity index (χ1) is 9.83. The van der Waals surface area contributed by atoms with Gasteiger partial charge in [0.15, 0.2) is 0 Å². The van der Waals surface area contributed by atoms with Crippen LogP contribution in [0.5, 0.6) is 0 Å². The minimum atomic E-state index is -0.164. The summed E-state index contributed by atoms with van der Waals surface area (Å²) in [6, 6.07) is 21.3. The van der Waals surface area contributed by atoms with Crippen LogP contribution in [0.15, 0.2) is 60.7 Å². The van der Waals surface area contributed by atoms with E-state index in [4.69, 9.17) is 0 Å². The molecule has 2 aromatic rings. The van der Waals surface area contributed by atoms with Gasteiger partial charge < -0.3 is 5.11 Å². The number of aliphatic hydroxyl groups excluding tert-OH is 1. The number of hydrogen-bond acceptors (Lipinski definition) is 2. The predicted molar refractivity (Wildman–Crippen MR) is 81.2 cm³/mol. The highest BCUT2D eigenvalue weighted by molar-refractivity contribution is 5.17. The molecule has 20 heavy (non-hydrogen) atoms. The molecule has 2 aromatic carbocycles. The maximum Gasteiger partial charge on any atom is 0.0696 e. The molecule has 2 nitrogen and oxygen atoms in total. The van der Waals surface area contributed by atoms with Crippen LogP contribution in [-0.2, 0) is 13.1 Å². The maximum atomic E-state index is 9.99. The summed E-state index contributed by atoms with van der Waals surface area (Å²) < 4.78 is 0. The summed E-state index contributed by atoms with van der Waals surface area (Å²) in [4.78, 5) is 2.40. The second-order valence-corrected chi connectivity index (χ2v) is 5.59. The fourth-order valence-electron chi connectivity index (χ4n) is 2.82. The number of rotatable bonds is 5. The summed E-state index contributed by atoms with van der Waals surface area (Å²) in [6.07, 6.45) is 1.87. The molecule has 1 aliphatic rings. The molecular weight excluding hydrogens is 246 g/mol. The molecule has 0 bridgehead atoms. The fraction of sp³-hybridized carbons (Fsp3) is 0.333. The average molecular weight is 267 g/mol. The van der Waals surface area contributed by atoms with E-state index >= 15 is 0 Å². The monoisotopic (exact) mass is 267 g/mol. The highest BCUT2D eigenvalue weighted by atomic mass is 16.3. The Morgan fingerprint density at radius 2 is 1.30 bits per heavy atom. The lowest BCUT2D eigenvalue weighted by atomic mass is 9.87. The first-order valence-electron chi connectivity index (χ1n) is 7.33. The SMILES string of the molecule is O[C@H]1CCC1N(Cc1ccccc1)Cc1ccccc1. The van der Waals surface area contributed by atoms with Gasteiger partial charge in [-0.15, -0.1) is 0 Å². The Hall–Kier alpha value is -1.64. The molecule has 1 saturated carbocycles. The number of aliphatic hydroxyl groups is 1. The quantitative estimate of drug-likeness (QED) is 0.899. The first kappa shape index (κ1) is 13.3. The Balaban J connectivity index is 1.74. The van der Waals surface area contributed by atoms with Gasteiger partial charge in [0, 0.05) is 19.1 Å². The van der Waals surface area contributed by atoms with Gasteiger partial charge in [0.2, 0.25) is 0 Å². The summed E-state index contributed by atoms with van der Waals surface area (Å²) in [5.41, 5.74) is 2.62. The van der Waals surface area contributed by atoms with E-state index in [2.05, 4.69) is 53.4 Å². The molecule has 1 N–H and O–H groups in total. The van der Waals surface area contributed by atoms with Gasteiger partial charge in [-0.2, -0.15) is 0 Å². The molecule has 2 atom stereocenters. The highest BCUT2D eigenvalue weighted by Crippen LogP contribution is 2.28. The summed E-state index contributed by atoms with van der Waals surface area (Å²) >= 11 is 0. The minimum absolute atomic E-state index is 0.164. The van der Waals surface area contributed by atoms with Gasteiger partial charge in [0.1, 0.15) is 0 Å². The van der Waals surface area contributed by atoms with E-state index in [0.29, 0.717) is 6.04 Å². The molecule has 0 radical (unpaired) electrons. The molecule has 0 spiro atoms. The van der Waals surface area contributed by atoms with E-state index in [-0.39, 0.29) is 6.10 Å². The lowest BCUT2D eigenvalue weighted by molar-refractivity contribution is -0.0288. The molecule has 1 fully saturated rings. The molecule has 1 aliphatic carbocycles. The molecular formula is C18H21NO. The average Bonchev–Trinajstić information content (AvgIpc) is 2.48. The van der Waals surface area contributed by atoms with Crippen molar-refractivity contribution in [3.05, 3.63) is 71.8 Å². The van der Waals surface area contributed by atoms with E-state index in [1.165, 1.54) is 11.1 Å². The van der Waals surface area contributed by atoms with Gasteiger partial charge in [0.25, 0.3) is 0 Å². The predicted octanol–water partition coefficient (Wildman–Crippen LogP) is 3.21. The molecule has 104 valence electrons. The Bertz CT molecular complexity index is 484.